The molecule has 1 heterocycles. The lowest BCUT2D eigenvalue weighted by molar-refractivity contribution is 1.18. The van der Waals surface area contributed by atoms with Crippen molar-refractivity contribution in [3.05, 3.63) is 176 Å². The summed E-state index contributed by atoms with van der Waals surface area (Å²) in [6.45, 7) is 3.86. The Labute approximate surface area is 258 Å². The predicted molar refractivity (Wildman–Crippen MR) is 185 cm³/mol. The Kier molecular flexibility index (Phi) is 7.47. The molecule has 0 amide bonds. The zero-order valence-corrected chi connectivity index (χ0v) is 24.3. The van der Waals surface area contributed by atoms with Crippen molar-refractivity contribution in [2.45, 2.75) is 0 Å². The van der Waals surface area contributed by atoms with Gasteiger partial charge in [-0.25, -0.2) is 9.97 Å². The highest BCUT2D eigenvalue weighted by Crippen LogP contribution is 2.31. The van der Waals surface area contributed by atoms with E-state index in [9.17, 15) is 0 Å². The Balaban J connectivity index is 1.27. The van der Waals surface area contributed by atoms with E-state index >= 15 is 0 Å². The summed E-state index contributed by atoms with van der Waals surface area (Å²) in [4.78, 5) is 10.1. The van der Waals surface area contributed by atoms with Crippen molar-refractivity contribution in [2.75, 3.05) is 0 Å². The van der Waals surface area contributed by atoms with E-state index in [1.165, 1.54) is 27.8 Å². The molecule has 0 unspecified atom stereocenters. The van der Waals surface area contributed by atoms with Gasteiger partial charge in [0.25, 0.3) is 0 Å². The summed E-state index contributed by atoms with van der Waals surface area (Å²) in [6.07, 6.45) is 1.86. The average molecular weight is 563 g/mol. The number of rotatable bonds is 7. The Bertz CT molecular complexity index is 1910. The molecular formula is C42H30N2. The third-order valence-corrected chi connectivity index (χ3v) is 7.92. The van der Waals surface area contributed by atoms with Crippen LogP contribution in [-0.4, -0.2) is 9.97 Å². The smallest absolute Gasteiger partial charge is 0.160 e. The summed E-state index contributed by atoms with van der Waals surface area (Å²) < 4.78 is 0. The van der Waals surface area contributed by atoms with Gasteiger partial charge in [0.1, 0.15) is 0 Å². The van der Waals surface area contributed by atoms with E-state index in [0.29, 0.717) is 5.82 Å². The van der Waals surface area contributed by atoms with Gasteiger partial charge in [0.2, 0.25) is 0 Å². The topological polar surface area (TPSA) is 25.8 Å². The third-order valence-electron chi connectivity index (χ3n) is 7.92. The highest BCUT2D eigenvalue weighted by molar-refractivity contribution is 5.76. The average Bonchev–Trinajstić information content (AvgIpc) is 3.12. The lowest BCUT2D eigenvalue weighted by Gasteiger charge is -2.11. The van der Waals surface area contributed by atoms with Crippen molar-refractivity contribution in [1.29, 1.82) is 0 Å². The lowest BCUT2D eigenvalue weighted by Crippen LogP contribution is -1.96. The third kappa shape index (κ3) is 5.74. The molecule has 0 fully saturated rings. The van der Waals surface area contributed by atoms with Crippen LogP contribution in [0.4, 0.5) is 0 Å². The summed E-state index contributed by atoms with van der Waals surface area (Å²) in [6, 6.07) is 57.1. The summed E-state index contributed by atoms with van der Waals surface area (Å²) in [5.74, 6) is 0.702. The van der Waals surface area contributed by atoms with Gasteiger partial charge in [-0.1, -0.05) is 170 Å². The van der Waals surface area contributed by atoms with Crippen LogP contribution >= 0.6 is 0 Å². The molecule has 0 aliphatic rings. The van der Waals surface area contributed by atoms with Crippen molar-refractivity contribution in [2.24, 2.45) is 0 Å². The minimum atomic E-state index is 0.702. The van der Waals surface area contributed by atoms with Crippen molar-refractivity contribution < 1.29 is 0 Å². The first kappa shape index (κ1) is 27.0. The van der Waals surface area contributed by atoms with Gasteiger partial charge in [-0.3, -0.25) is 0 Å². The highest BCUT2D eigenvalue weighted by Gasteiger charge is 2.12. The number of hydrogen-bond donors (Lipinski definition) is 0. The molecule has 0 aliphatic carbocycles. The number of hydrogen-bond acceptors (Lipinski definition) is 2. The second-order valence-corrected chi connectivity index (χ2v) is 10.8. The second kappa shape index (κ2) is 12.2. The van der Waals surface area contributed by atoms with Crippen LogP contribution in [0.2, 0.25) is 0 Å². The Morgan fingerprint density at radius 1 is 0.341 bits per heavy atom. The number of benzene rings is 6. The Morgan fingerprint density at radius 2 is 0.659 bits per heavy atom. The van der Waals surface area contributed by atoms with Crippen molar-refractivity contribution >= 4 is 6.08 Å². The van der Waals surface area contributed by atoms with Crippen LogP contribution < -0.4 is 0 Å². The molecule has 0 N–H and O–H groups in total. The maximum absolute atomic E-state index is 5.07. The minimum Gasteiger partial charge on any atom is -0.228 e. The maximum Gasteiger partial charge on any atom is 0.160 e. The normalized spacial score (nSPS) is 10.8. The van der Waals surface area contributed by atoms with E-state index in [1.807, 2.05) is 18.2 Å². The van der Waals surface area contributed by atoms with Gasteiger partial charge in [0, 0.05) is 16.7 Å². The first-order valence-corrected chi connectivity index (χ1v) is 14.8. The summed E-state index contributed by atoms with van der Waals surface area (Å²) in [5, 5.41) is 0. The molecule has 1 aromatic heterocycles. The molecule has 0 saturated heterocycles. The van der Waals surface area contributed by atoms with Crippen molar-refractivity contribution in [1.82, 2.24) is 9.97 Å². The van der Waals surface area contributed by atoms with Gasteiger partial charge in [-0.15, -0.1) is 0 Å². The molecule has 7 rings (SSSR count). The van der Waals surface area contributed by atoms with Gasteiger partial charge in [-0.2, -0.15) is 0 Å². The molecule has 0 spiro atoms. The Hall–Kier alpha value is -5.86. The summed E-state index contributed by atoms with van der Waals surface area (Å²) in [7, 11) is 0. The lowest BCUT2D eigenvalue weighted by atomic mass is 9.99. The highest BCUT2D eigenvalue weighted by atomic mass is 14.9. The van der Waals surface area contributed by atoms with Crippen LogP contribution in [0.15, 0.2) is 170 Å². The predicted octanol–water partition coefficient (Wildman–Crippen LogP) is 11.1. The van der Waals surface area contributed by atoms with E-state index in [4.69, 9.17) is 9.97 Å². The van der Waals surface area contributed by atoms with Crippen LogP contribution in [0.3, 0.4) is 0 Å². The SMILES string of the molecule is C=Cc1ccc(-c2ccc(-c3cc(-c4ccc(-c5ccccc5)cc4)nc(-c4ccc(-c5ccccc5)cc4)n3)cc2)cc1. The monoisotopic (exact) mass is 562 g/mol. The molecule has 0 bridgehead atoms. The van der Waals surface area contributed by atoms with Crippen LogP contribution in [0, 0.1) is 0 Å². The molecule has 2 nitrogen and oxygen atoms in total. The standard InChI is InChI=1S/C42H30N2/c1-2-30-13-15-33(16-14-30)36-19-25-38(26-20-36)41-29-40(37-23-17-34(18-24-37)31-9-5-3-6-10-31)43-42(44-41)39-27-21-35(22-28-39)32-11-7-4-8-12-32/h2-29H,1H2. The molecule has 6 aromatic carbocycles. The molecule has 2 heteroatoms. The molecule has 0 radical (unpaired) electrons. The van der Waals surface area contributed by atoms with Crippen LogP contribution in [-0.2, 0) is 0 Å². The quantitative estimate of drug-likeness (QED) is 0.193. The molecule has 0 saturated carbocycles. The van der Waals surface area contributed by atoms with Crippen molar-refractivity contribution in [3.63, 3.8) is 0 Å². The first-order chi connectivity index (χ1) is 21.7. The van der Waals surface area contributed by atoms with E-state index in [0.717, 1.165) is 39.2 Å². The number of nitrogens with zero attached hydrogens (tertiary/aromatic N) is 2. The largest absolute Gasteiger partial charge is 0.228 e. The van der Waals surface area contributed by atoms with E-state index in [-0.39, 0.29) is 0 Å². The zero-order valence-electron chi connectivity index (χ0n) is 24.3. The van der Waals surface area contributed by atoms with Gasteiger partial charge in [0.05, 0.1) is 11.4 Å². The van der Waals surface area contributed by atoms with Gasteiger partial charge >= 0.3 is 0 Å². The van der Waals surface area contributed by atoms with E-state index in [2.05, 4.69) is 158 Å². The second-order valence-electron chi connectivity index (χ2n) is 10.8. The van der Waals surface area contributed by atoms with Crippen LogP contribution in [0.5, 0.6) is 0 Å². The van der Waals surface area contributed by atoms with Crippen LogP contribution in [0.1, 0.15) is 5.56 Å². The minimum absolute atomic E-state index is 0.702. The molecule has 0 aliphatic heterocycles. The fourth-order valence-electron chi connectivity index (χ4n) is 5.42. The Morgan fingerprint density at radius 3 is 1.05 bits per heavy atom. The van der Waals surface area contributed by atoms with Crippen molar-refractivity contribution in [3.8, 4) is 67.3 Å². The molecule has 208 valence electrons. The van der Waals surface area contributed by atoms with Gasteiger partial charge < -0.3 is 0 Å². The van der Waals surface area contributed by atoms with Gasteiger partial charge in [-0.05, 0) is 45.0 Å². The fraction of sp³-hybridized carbons (Fsp3) is 0. The molecular weight excluding hydrogens is 532 g/mol. The van der Waals surface area contributed by atoms with Crippen LogP contribution in [0.25, 0.3) is 73.4 Å². The molecule has 7 aromatic rings. The maximum atomic E-state index is 5.07. The molecule has 44 heavy (non-hydrogen) atoms. The van der Waals surface area contributed by atoms with E-state index < -0.39 is 0 Å². The number of aromatic nitrogens is 2. The first-order valence-electron chi connectivity index (χ1n) is 14.8. The van der Waals surface area contributed by atoms with Gasteiger partial charge in [0.15, 0.2) is 5.82 Å². The molecule has 0 atom stereocenters. The zero-order chi connectivity index (χ0) is 29.7. The summed E-state index contributed by atoms with van der Waals surface area (Å²) >= 11 is 0. The summed E-state index contributed by atoms with van der Waals surface area (Å²) in [5.41, 5.74) is 13.0. The van der Waals surface area contributed by atoms with E-state index in [1.54, 1.807) is 0 Å². The fourth-order valence-corrected chi connectivity index (χ4v) is 5.42.